The minimum Gasteiger partial charge on any atom is -0.392 e. The highest BCUT2D eigenvalue weighted by atomic mass is 16.3. The molecule has 4 bridgehead atoms. The molecule has 4 unspecified atom stereocenters. The van der Waals surface area contributed by atoms with Crippen LogP contribution in [0, 0.1) is 23.2 Å². The quantitative estimate of drug-likeness (QED) is 0.667. The van der Waals surface area contributed by atoms with Gasteiger partial charge in [0.05, 0.1) is 30.4 Å². The van der Waals surface area contributed by atoms with Crippen LogP contribution in [0.5, 0.6) is 0 Å². The number of amides is 1. The summed E-state index contributed by atoms with van der Waals surface area (Å²) in [6, 6.07) is 9.05. The Bertz CT molecular complexity index is 969. The van der Waals surface area contributed by atoms with Crippen molar-refractivity contribution in [3.63, 3.8) is 0 Å². The van der Waals surface area contributed by atoms with Crippen molar-refractivity contribution in [2.45, 2.75) is 63.6 Å². The van der Waals surface area contributed by atoms with Crippen LogP contribution in [0.15, 0.2) is 36.8 Å². The van der Waals surface area contributed by atoms with E-state index >= 15 is 0 Å². The third kappa shape index (κ3) is 2.70. The van der Waals surface area contributed by atoms with Gasteiger partial charge in [0, 0.05) is 18.5 Å². The van der Waals surface area contributed by atoms with Crippen molar-refractivity contribution in [1.82, 2.24) is 20.4 Å². The zero-order valence-corrected chi connectivity index (χ0v) is 17.4. The summed E-state index contributed by atoms with van der Waals surface area (Å²) in [5.41, 5.74) is 9.89. The maximum atomic E-state index is 11.6. The zero-order chi connectivity index (χ0) is 20.5. The van der Waals surface area contributed by atoms with Gasteiger partial charge in [-0.25, -0.2) is 10.4 Å². The minimum absolute atomic E-state index is 0.0170. The van der Waals surface area contributed by atoms with Crippen LogP contribution in [-0.2, 0) is 4.79 Å². The standard InChI is InChI=1S/C24H30N4O2/c1-14(29)26-27-23-16-6-15-7-17(23)11-24(9-15,10-16)22(30)8-20-18-4-2-3-5-19(18)21-12-25-13-28(20)21/h2-5,12-13,15-17,20,22-23,27,30H,6-11H2,1H3,(H,26,29). The maximum Gasteiger partial charge on any atom is 0.230 e. The predicted octanol–water partition coefficient (Wildman–Crippen LogP) is 3.04. The van der Waals surface area contributed by atoms with Crippen LogP contribution >= 0.6 is 0 Å². The summed E-state index contributed by atoms with van der Waals surface area (Å²) >= 11 is 0. The largest absolute Gasteiger partial charge is 0.392 e. The van der Waals surface area contributed by atoms with Crippen LogP contribution in [-0.4, -0.2) is 32.7 Å². The number of carbonyl (C=O) groups excluding carboxylic acids is 1. The van der Waals surface area contributed by atoms with Gasteiger partial charge < -0.3 is 9.67 Å². The van der Waals surface area contributed by atoms with Crippen molar-refractivity contribution in [1.29, 1.82) is 0 Å². The Morgan fingerprint density at radius 3 is 2.80 bits per heavy atom. The number of hydrogen-bond acceptors (Lipinski definition) is 4. The molecule has 30 heavy (non-hydrogen) atoms. The summed E-state index contributed by atoms with van der Waals surface area (Å²) < 4.78 is 2.25. The SMILES string of the molecule is CC(=O)NNC1C2CC3CC1CC(C(O)CC1c4ccccc4-c4cncn41)(C3)C2. The Morgan fingerprint density at radius 1 is 1.27 bits per heavy atom. The molecule has 4 aliphatic carbocycles. The normalized spacial score (nSPS) is 36.4. The average molecular weight is 407 g/mol. The molecule has 1 aliphatic heterocycles. The van der Waals surface area contributed by atoms with Crippen molar-refractivity contribution in [3.05, 3.63) is 42.4 Å². The van der Waals surface area contributed by atoms with Gasteiger partial charge in [-0.2, -0.15) is 0 Å². The van der Waals surface area contributed by atoms with Crippen molar-refractivity contribution in [2.24, 2.45) is 23.2 Å². The van der Waals surface area contributed by atoms with Crippen LogP contribution in [0.4, 0.5) is 0 Å². The first-order valence-corrected chi connectivity index (χ1v) is 11.4. The molecule has 158 valence electrons. The van der Waals surface area contributed by atoms with Gasteiger partial charge in [0.1, 0.15) is 0 Å². The van der Waals surface area contributed by atoms with E-state index in [0.29, 0.717) is 23.8 Å². The smallest absolute Gasteiger partial charge is 0.230 e. The second-order valence-electron chi connectivity index (χ2n) is 10.2. The first kappa shape index (κ1) is 18.6. The Hall–Kier alpha value is -2.18. The van der Waals surface area contributed by atoms with Crippen molar-refractivity contribution in [3.8, 4) is 11.3 Å². The lowest BCUT2D eigenvalue weighted by Gasteiger charge is -2.61. The number of hydrazine groups is 1. The number of nitrogens with zero attached hydrogens (tertiary/aromatic N) is 2. The number of imidazole rings is 1. The number of hydrogen-bond donors (Lipinski definition) is 3. The third-order valence-corrected chi connectivity index (χ3v) is 8.49. The first-order valence-electron chi connectivity index (χ1n) is 11.4. The van der Waals surface area contributed by atoms with Crippen molar-refractivity contribution >= 4 is 5.91 Å². The predicted molar refractivity (Wildman–Crippen MR) is 113 cm³/mol. The fourth-order valence-corrected chi connectivity index (χ4v) is 7.55. The van der Waals surface area contributed by atoms with Gasteiger partial charge in [-0.1, -0.05) is 24.3 Å². The van der Waals surface area contributed by atoms with E-state index in [1.54, 1.807) is 6.92 Å². The van der Waals surface area contributed by atoms with E-state index < -0.39 is 0 Å². The highest BCUT2D eigenvalue weighted by molar-refractivity contribution is 5.72. The molecule has 6 nitrogen and oxygen atoms in total. The molecular formula is C24H30N4O2. The molecule has 5 aliphatic rings. The summed E-state index contributed by atoms with van der Waals surface area (Å²) in [7, 11) is 0. The number of nitrogens with one attached hydrogen (secondary N) is 2. The zero-order valence-electron chi connectivity index (χ0n) is 17.4. The minimum atomic E-state index is -0.321. The second-order valence-corrected chi connectivity index (χ2v) is 10.2. The molecule has 0 saturated heterocycles. The molecule has 1 aromatic heterocycles. The molecule has 4 atom stereocenters. The highest BCUT2D eigenvalue weighted by Gasteiger charge is 2.58. The second kappa shape index (κ2) is 6.66. The van der Waals surface area contributed by atoms with E-state index in [-0.39, 0.29) is 23.5 Å². The van der Waals surface area contributed by atoms with Crippen molar-refractivity contribution < 1.29 is 9.90 Å². The van der Waals surface area contributed by atoms with Gasteiger partial charge in [-0.3, -0.25) is 10.2 Å². The van der Waals surface area contributed by atoms with Crippen LogP contribution in [0.25, 0.3) is 11.3 Å². The number of aliphatic hydroxyl groups is 1. The average Bonchev–Trinajstić information content (AvgIpc) is 3.29. The Morgan fingerprint density at radius 2 is 2.03 bits per heavy atom. The van der Waals surface area contributed by atoms with Crippen molar-refractivity contribution in [2.75, 3.05) is 0 Å². The number of rotatable bonds is 5. The van der Waals surface area contributed by atoms with Gasteiger partial charge in [0.15, 0.2) is 0 Å². The molecule has 2 heterocycles. The summed E-state index contributed by atoms with van der Waals surface area (Å²) in [6.45, 7) is 1.55. The molecule has 2 aromatic rings. The Balaban J connectivity index is 1.25. The monoisotopic (exact) mass is 406 g/mol. The molecule has 0 spiro atoms. The lowest BCUT2D eigenvalue weighted by Crippen LogP contribution is -2.63. The number of aromatic nitrogens is 2. The fourth-order valence-electron chi connectivity index (χ4n) is 7.55. The van der Waals surface area contributed by atoms with Gasteiger partial charge in [0.25, 0.3) is 0 Å². The summed E-state index contributed by atoms with van der Waals surface area (Å²) in [4.78, 5) is 15.8. The van der Waals surface area contributed by atoms with E-state index in [1.165, 1.54) is 24.0 Å². The molecule has 0 radical (unpaired) electrons. The Kier molecular flexibility index (Phi) is 4.12. The van der Waals surface area contributed by atoms with E-state index in [0.717, 1.165) is 31.4 Å². The number of benzene rings is 1. The molecule has 1 aromatic carbocycles. The first-order chi connectivity index (χ1) is 14.5. The van der Waals surface area contributed by atoms with Gasteiger partial charge in [-0.05, 0) is 67.3 Å². The molecule has 1 amide bonds. The van der Waals surface area contributed by atoms with Crippen LogP contribution < -0.4 is 10.9 Å². The fraction of sp³-hybridized carbons (Fsp3) is 0.583. The lowest BCUT2D eigenvalue weighted by molar-refractivity contribution is -0.142. The van der Waals surface area contributed by atoms with Crippen LogP contribution in [0.3, 0.4) is 0 Å². The highest BCUT2D eigenvalue weighted by Crippen LogP contribution is 2.62. The molecule has 4 fully saturated rings. The van der Waals surface area contributed by atoms with Gasteiger partial charge in [0.2, 0.25) is 5.91 Å². The molecule has 6 heteroatoms. The molecule has 7 rings (SSSR count). The molecule has 4 saturated carbocycles. The van der Waals surface area contributed by atoms with E-state index in [1.807, 2.05) is 12.5 Å². The topological polar surface area (TPSA) is 79.2 Å². The van der Waals surface area contributed by atoms with Crippen LogP contribution in [0.1, 0.15) is 57.1 Å². The Labute approximate surface area is 177 Å². The van der Waals surface area contributed by atoms with E-state index in [4.69, 9.17) is 0 Å². The molecule has 3 N–H and O–H groups in total. The number of fused-ring (bicyclic) bond motifs is 3. The molecular weight excluding hydrogens is 376 g/mol. The number of carbonyl (C=O) groups is 1. The van der Waals surface area contributed by atoms with Gasteiger partial charge >= 0.3 is 0 Å². The summed E-state index contributed by atoms with van der Waals surface area (Å²) in [5.74, 6) is 1.76. The van der Waals surface area contributed by atoms with Gasteiger partial charge in [-0.15, -0.1) is 0 Å². The maximum absolute atomic E-state index is 11.6. The number of aliphatic hydroxyl groups excluding tert-OH is 1. The van der Waals surface area contributed by atoms with E-state index in [9.17, 15) is 9.90 Å². The third-order valence-electron chi connectivity index (χ3n) is 8.49. The van der Waals surface area contributed by atoms with E-state index in [2.05, 4.69) is 44.7 Å². The lowest BCUT2D eigenvalue weighted by atomic mass is 9.46. The summed E-state index contributed by atoms with van der Waals surface area (Å²) in [5, 5.41) is 11.6. The summed E-state index contributed by atoms with van der Waals surface area (Å²) in [6.07, 6.45) is 10.00. The van der Waals surface area contributed by atoms with Crippen LogP contribution in [0.2, 0.25) is 0 Å².